The van der Waals surface area contributed by atoms with Gasteiger partial charge in [0.15, 0.2) is 5.82 Å². The normalized spacial score (nSPS) is 10.6. The molecule has 0 aliphatic carbocycles. The van der Waals surface area contributed by atoms with Gasteiger partial charge in [0.1, 0.15) is 5.82 Å². The second-order valence-electron chi connectivity index (χ2n) is 6.04. The number of anilines is 1. The summed E-state index contributed by atoms with van der Waals surface area (Å²) in [7, 11) is 1.89. The van der Waals surface area contributed by atoms with Crippen LogP contribution in [0.3, 0.4) is 0 Å². The number of nitrogens with one attached hydrogen (secondary N) is 2. The van der Waals surface area contributed by atoms with Crippen LogP contribution in [0.25, 0.3) is 0 Å². The smallest absolute Gasteiger partial charge is 0.247 e. The molecule has 0 spiro atoms. The van der Waals surface area contributed by atoms with Crippen LogP contribution in [0.2, 0.25) is 0 Å². The van der Waals surface area contributed by atoms with Crippen LogP contribution in [-0.2, 0) is 29.6 Å². The molecule has 0 unspecified atom stereocenters. The van der Waals surface area contributed by atoms with Crippen molar-refractivity contribution in [2.75, 3.05) is 5.32 Å². The van der Waals surface area contributed by atoms with E-state index in [1.165, 1.54) is 6.08 Å². The van der Waals surface area contributed by atoms with E-state index < -0.39 is 0 Å². The number of carbonyl (C=O) groups is 2. The lowest BCUT2D eigenvalue weighted by Crippen LogP contribution is -2.26. The van der Waals surface area contributed by atoms with E-state index in [0.717, 1.165) is 11.4 Å². The van der Waals surface area contributed by atoms with E-state index in [4.69, 9.17) is 0 Å². The molecule has 2 aromatic rings. The quantitative estimate of drug-likeness (QED) is 0.753. The molecule has 7 heteroatoms. The summed E-state index contributed by atoms with van der Waals surface area (Å²) in [5, 5.41) is 13.8. The molecule has 25 heavy (non-hydrogen) atoms. The van der Waals surface area contributed by atoms with Crippen molar-refractivity contribution in [1.82, 2.24) is 20.1 Å². The molecule has 0 bridgehead atoms. The molecule has 0 atom stereocenters. The summed E-state index contributed by atoms with van der Waals surface area (Å²) < 4.78 is 1.90. The summed E-state index contributed by atoms with van der Waals surface area (Å²) in [4.78, 5) is 23.5. The van der Waals surface area contributed by atoms with Crippen LogP contribution in [0.15, 0.2) is 36.9 Å². The van der Waals surface area contributed by atoms with Crippen molar-refractivity contribution in [3.8, 4) is 0 Å². The highest BCUT2D eigenvalue weighted by atomic mass is 16.2. The lowest BCUT2D eigenvalue weighted by molar-refractivity contribution is -0.120. The van der Waals surface area contributed by atoms with Gasteiger partial charge in [-0.1, -0.05) is 32.6 Å². The molecule has 132 valence electrons. The van der Waals surface area contributed by atoms with Crippen molar-refractivity contribution in [2.45, 2.75) is 32.7 Å². The van der Waals surface area contributed by atoms with Gasteiger partial charge in [0.2, 0.25) is 11.8 Å². The maximum Gasteiger partial charge on any atom is 0.247 e. The highest BCUT2D eigenvalue weighted by molar-refractivity contribution is 5.98. The topological polar surface area (TPSA) is 88.9 Å². The zero-order valence-corrected chi connectivity index (χ0v) is 14.7. The minimum absolute atomic E-state index is 0.124. The standard InChI is InChI=1S/C18H23N5O2/c1-5-16(24)20-14-8-6-7-13(9-14)10-17(25)19-11-15-21-22-18(12(2)3)23(15)4/h5-9,12H,1,10-11H2,2-4H3,(H,19,25)(H,20,24). The Balaban J connectivity index is 1.93. The maximum atomic E-state index is 12.2. The largest absolute Gasteiger partial charge is 0.349 e. The number of rotatable bonds is 7. The van der Waals surface area contributed by atoms with Gasteiger partial charge in [-0.05, 0) is 23.8 Å². The van der Waals surface area contributed by atoms with Crippen LogP contribution >= 0.6 is 0 Å². The highest BCUT2D eigenvalue weighted by Gasteiger charge is 2.12. The third kappa shape index (κ3) is 5.00. The van der Waals surface area contributed by atoms with E-state index in [1.54, 1.807) is 18.2 Å². The lowest BCUT2D eigenvalue weighted by atomic mass is 10.1. The number of benzene rings is 1. The van der Waals surface area contributed by atoms with Gasteiger partial charge in [-0.3, -0.25) is 9.59 Å². The van der Waals surface area contributed by atoms with Crippen LogP contribution in [0.5, 0.6) is 0 Å². The van der Waals surface area contributed by atoms with Crippen LogP contribution in [0.1, 0.15) is 37.0 Å². The summed E-state index contributed by atoms with van der Waals surface area (Å²) >= 11 is 0. The van der Waals surface area contributed by atoms with E-state index in [-0.39, 0.29) is 24.2 Å². The highest BCUT2D eigenvalue weighted by Crippen LogP contribution is 2.12. The monoisotopic (exact) mass is 341 g/mol. The number of hydrogen-bond acceptors (Lipinski definition) is 4. The maximum absolute atomic E-state index is 12.2. The van der Waals surface area contributed by atoms with Crippen molar-refractivity contribution in [1.29, 1.82) is 0 Å². The van der Waals surface area contributed by atoms with Crippen LogP contribution < -0.4 is 10.6 Å². The molecule has 1 heterocycles. The number of amides is 2. The van der Waals surface area contributed by atoms with Gasteiger partial charge in [0.05, 0.1) is 13.0 Å². The molecule has 2 N–H and O–H groups in total. The third-order valence-corrected chi connectivity index (χ3v) is 3.70. The summed E-state index contributed by atoms with van der Waals surface area (Å²) in [6, 6.07) is 7.15. The fourth-order valence-electron chi connectivity index (χ4n) is 2.41. The molecule has 0 saturated carbocycles. The zero-order chi connectivity index (χ0) is 18.4. The Kier molecular flexibility index (Phi) is 6.05. The minimum atomic E-state index is -0.287. The Labute approximate surface area is 147 Å². The minimum Gasteiger partial charge on any atom is -0.349 e. The molecule has 0 fully saturated rings. The zero-order valence-electron chi connectivity index (χ0n) is 14.7. The Morgan fingerprint density at radius 3 is 2.72 bits per heavy atom. The average molecular weight is 341 g/mol. The fourth-order valence-corrected chi connectivity index (χ4v) is 2.41. The summed E-state index contributed by atoms with van der Waals surface area (Å²) in [6.45, 7) is 7.82. The second kappa shape index (κ2) is 8.23. The molecule has 7 nitrogen and oxygen atoms in total. The fraction of sp³-hybridized carbons (Fsp3) is 0.333. The molecule has 0 saturated heterocycles. The Bertz CT molecular complexity index is 780. The van der Waals surface area contributed by atoms with Gasteiger partial charge in [0.25, 0.3) is 0 Å². The first kappa shape index (κ1) is 18.4. The van der Waals surface area contributed by atoms with E-state index >= 15 is 0 Å². The molecule has 1 aromatic heterocycles. The SMILES string of the molecule is C=CC(=O)Nc1cccc(CC(=O)NCc2nnc(C(C)C)n2C)c1. The van der Waals surface area contributed by atoms with Crippen LogP contribution in [0, 0.1) is 0 Å². The predicted molar refractivity (Wildman–Crippen MR) is 95.9 cm³/mol. The first-order chi connectivity index (χ1) is 11.9. The van der Waals surface area contributed by atoms with Crippen molar-refractivity contribution in [3.05, 3.63) is 54.1 Å². The Morgan fingerprint density at radius 1 is 1.32 bits per heavy atom. The number of hydrogen-bond donors (Lipinski definition) is 2. The molecule has 0 aliphatic heterocycles. The van der Waals surface area contributed by atoms with Gasteiger partial charge in [-0.15, -0.1) is 10.2 Å². The summed E-state index contributed by atoms with van der Waals surface area (Å²) in [5.41, 5.74) is 1.44. The number of aromatic nitrogens is 3. The number of carbonyl (C=O) groups excluding carboxylic acids is 2. The molecule has 0 radical (unpaired) electrons. The van der Waals surface area contributed by atoms with E-state index in [0.29, 0.717) is 18.1 Å². The Morgan fingerprint density at radius 2 is 2.08 bits per heavy atom. The third-order valence-electron chi connectivity index (χ3n) is 3.70. The molecule has 2 amide bonds. The van der Waals surface area contributed by atoms with Gasteiger partial charge >= 0.3 is 0 Å². The van der Waals surface area contributed by atoms with Crippen molar-refractivity contribution in [3.63, 3.8) is 0 Å². The Hall–Kier alpha value is -2.96. The van der Waals surface area contributed by atoms with Crippen LogP contribution in [0.4, 0.5) is 5.69 Å². The first-order valence-electron chi connectivity index (χ1n) is 8.08. The summed E-state index contributed by atoms with van der Waals surface area (Å²) in [5.74, 6) is 1.46. The molecular weight excluding hydrogens is 318 g/mol. The van der Waals surface area contributed by atoms with Crippen molar-refractivity contribution < 1.29 is 9.59 Å². The van der Waals surface area contributed by atoms with Crippen molar-refractivity contribution >= 4 is 17.5 Å². The summed E-state index contributed by atoms with van der Waals surface area (Å²) in [6.07, 6.45) is 1.42. The number of nitrogens with zero attached hydrogens (tertiary/aromatic N) is 3. The van der Waals surface area contributed by atoms with Gasteiger partial charge < -0.3 is 15.2 Å². The molecule has 0 aliphatic rings. The second-order valence-corrected chi connectivity index (χ2v) is 6.04. The lowest BCUT2D eigenvalue weighted by Gasteiger charge is -2.08. The van der Waals surface area contributed by atoms with Gasteiger partial charge in [0, 0.05) is 18.7 Å². The van der Waals surface area contributed by atoms with Gasteiger partial charge in [-0.2, -0.15) is 0 Å². The molecular formula is C18H23N5O2. The first-order valence-corrected chi connectivity index (χ1v) is 8.08. The predicted octanol–water partition coefficient (Wildman–Crippen LogP) is 1.92. The van der Waals surface area contributed by atoms with E-state index in [9.17, 15) is 9.59 Å². The average Bonchev–Trinajstić information content (AvgIpc) is 2.94. The van der Waals surface area contributed by atoms with E-state index in [1.807, 2.05) is 31.5 Å². The van der Waals surface area contributed by atoms with Gasteiger partial charge in [-0.25, -0.2) is 0 Å². The van der Waals surface area contributed by atoms with Crippen molar-refractivity contribution in [2.24, 2.45) is 7.05 Å². The van der Waals surface area contributed by atoms with Crippen LogP contribution in [-0.4, -0.2) is 26.6 Å². The molecule has 1 aromatic carbocycles. The molecule has 2 rings (SSSR count). The van der Waals surface area contributed by atoms with E-state index in [2.05, 4.69) is 27.4 Å².